The number of hydrogen-bond donors (Lipinski definition) is 0. The molecule has 0 amide bonds. The molecule has 0 rings (SSSR count). The first kappa shape index (κ1) is 72.9. The first-order chi connectivity index (χ1) is 37.5. The van der Waals surface area contributed by atoms with E-state index >= 15 is 0 Å². The van der Waals surface area contributed by atoms with Crippen LogP contribution in [0.1, 0.15) is 213 Å². The molecule has 2 atom stereocenters. The zero-order valence-corrected chi connectivity index (χ0v) is 50.2. The summed E-state index contributed by atoms with van der Waals surface area (Å²) in [5, 5.41) is 0. The number of carbonyl (C=O) groups is 2. The summed E-state index contributed by atoms with van der Waals surface area (Å²) in [6, 6.07) is 0. The summed E-state index contributed by atoms with van der Waals surface area (Å²) in [7, 11) is 1.13. The van der Waals surface area contributed by atoms with Crippen molar-refractivity contribution in [3.05, 3.63) is 146 Å². The van der Waals surface area contributed by atoms with Gasteiger partial charge in [-0.05, 0) is 122 Å². The van der Waals surface area contributed by atoms with Gasteiger partial charge >= 0.3 is 11.9 Å². The van der Waals surface area contributed by atoms with Crippen molar-refractivity contribution in [1.82, 2.24) is 0 Å². The third kappa shape index (κ3) is 61.0. The summed E-state index contributed by atoms with van der Waals surface area (Å²) >= 11 is 0. The molecule has 0 spiro atoms. The Morgan fingerprint density at radius 3 is 1.10 bits per heavy atom. The minimum Gasteiger partial charge on any atom is -0.756 e. The molecule has 0 saturated carbocycles. The monoisotopic (exact) mass is 1090 g/mol. The van der Waals surface area contributed by atoms with Crippen molar-refractivity contribution in [2.75, 3.05) is 47.5 Å². The third-order valence-corrected chi connectivity index (χ3v) is 13.1. The summed E-state index contributed by atoms with van der Waals surface area (Å²) in [6.45, 7) is 4.05. The number of quaternary nitrogens is 1. The van der Waals surface area contributed by atoms with Crippen LogP contribution in [0.5, 0.6) is 0 Å². The number of nitrogens with zero attached hydrogens (tertiary/aromatic N) is 1. The third-order valence-electron chi connectivity index (χ3n) is 12.1. The summed E-state index contributed by atoms with van der Waals surface area (Å²) in [4.78, 5) is 37.8. The van der Waals surface area contributed by atoms with Crippen LogP contribution in [-0.4, -0.2) is 70.0 Å². The smallest absolute Gasteiger partial charge is 0.306 e. The second-order valence-electron chi connectivity index (χ2n) is 20.6. The quantitative estimate of drug-likeness (QED) is 0.0195. The minimum absolute atomic E-state index is 0.0442. The molecule has 0 N–H and O–H groups in total. The van der Waals surface area contributed by atoms with Crippen LogP contribution in [0.4, 0.5) is 0 Å². The van der Waals surface area contributed by atoms with Crippen LogP contribution in [0.2, 0.25) is 0 Å². The van der Waals surface area contributed by atoms with Gasteiger partial charge < -0.3 is 27.9 Å². The van der Waals surface area contributed by atoms with Gasteiger partial charge in [0.25, 0.3) is 7.82 Å². The van der Waals surface area contributed by atoms with Gasteiger partial charge in [-0.15, -0.1) is 0 Å². The van der Waals surface area contributed by atoms with Crippen molar-refractivity contribution in [2.45, 2.75) is 219 Å². The molecule has 0 bridgehead atoms. The minimum atomic E-state index is -4.65. The number of phosphoric ester groups is 1. The average molecular weight is 1090 g/mol. The normalized spacial score (nSPS) is 14.3. The van der Waals surface area contributed by atoms with Gasteiger partial charge in [0.15, 0.2) is 6.10 Å². The number of esters is 2. The predicted octanol–water partition coefficient (Wildman–Crippen LogP) is 18.5. The largest absolute Gasteiger partial charge is 0.756 e. The Morgan fingerprint density at radius 2 is 0.740 bits per heavy atom. The Morgan fingerprint density at radius 1 is 0.416 bits per heavy atom. The van der Waals surface area contributed by atoms with Crippen molar-refractivity contribution in [3.63, 3.8) is 0 Å². The Kier molecular flexibility index (Phi) is 53.6. The second-order valence-corrected chi connectivity index (χ2v) is 22.0. The highest BCUT2D eigenvalue weighted by Crippen LogP contribution is 2.38. The van der Waals surface area contributed by atoms with Crippen LogP contribution < -0.4 is 4.89 Å². The summed E-state index contributed by atoms with van der Waals surface area (Å²) < 4.78 is 34.1. The zero-order valence-electron chi connectivity index (χ0n) is 49.3. The number of unbranched alkanes of at least 4 members (excludes halogenated alkanes) is 15. The van der Waals surface area contributed by atoms with Gasteiger partial charge in [0.2, 0.25) is 0 Å². The van der Waals surface area contributed by atoms with Gasteiger partial charge in [-0.1, -0.05) is 224 Å². The van der Waals surface area contributed by atoms with Gasteiger partial charge in [0.05, 0.1) is 27.7 Å². The molecule has 0 saturated heterocycles. The maximum atomic E-state index is 12.8. The number of phosphoric acid groups is 1. The van der Waals surface area contributed by atoms with Crippen molar-refractivity contribution in [1.29, 1.82) is 0 Å². The maximum absolute atomic E-state index is 12.8. The van der Waals surface area contributed by atoms with E-state index in [4.69, 9.17) is 18.5 Å². The van der Waals surface area contributed by atoms with E-state index in [1.807, 2.05) is 21.1 Å². The van der Waals surface area contributed by atoms with Crippen LogP contribution in [0.25, 0.3) is 0 Å². The van der Waals surface area contributed by atoms with E-state index in [1.165, 1.54) is 32.1 Å². The Labute approximate surface area is 472 Å². The zero-order chi connectivity index (χ0) is 56.3. The standard InChI is InChI=1S/C67H110NO8P/c1-6-8-10-12-14-16-18-20-22-24-25-26-27-28-29-30-31-32-33-34-35-36-37-38-39-40-41-42-43-44-46-48-50-52-54-56-58-60-67(70)76-65(64-75-77(71,72)74-62-61-68(3,4)5)63-73-66(69)59-57-55-53-51-49-47-45-23-21-19-17-15-13-11-9-7-2/h8,10,14,16-17,19-20,22-23,25-26,28-29,31-32,34-35,37-38,40-41,43-45,65H,6-7,9,11-13,15,18,21,24,27,30,33,36,39,42,46-64H2,1-5H3/b10-8-,16-14-,19-17-,22-20-,26-25-,29-28-,32-31-,35-34-,38-37-,41-40-,44-43-,45-23-. The van der Waals surface area contributed by atoms with Crippen molar-refractivity contribution in [3.8, 4) is 0 Å². The molecule has 0 aliphatic carbocycles. The molecule has 0 aliphatic heterocycles. The molecule has 77 heavy (non-hydrogen) atoms. The highest BCUT2D eigenvalue weighted by molar-refractivity contribution is 7.45. The predicted molar refractivity (Wildman–Crippen MR) is 327 cm³/mol. The summed E-state index contributed by atoms with van der Waals surface area (Å²) in [5.74, 6) is -0.877. The van der Waals surface area contributed by atoms with Crippen LogP contribution in [0, 0.1) is 0 Å². The van der Waals surface area contributed by atoms with Crippen molar-refractivity contribution < 1.29 is 42.1 Å². The summed E-state index contributed by atoms with van der Waals surface area (Å²) in [6.07, 6.45) is 83.2. The van der Waals surface area contributed by atoms with E-state index in [1.54, 1.807) is 0 Å². The Balaban J connectivity index is 4.21. The molecule has 0 heterocycles. The molecule has 0 aromatic carbocycles. The van der Waals surface area contributed by atoms with Crippen molar-refractivity contribution >= 4 is 19.8 Å². The van der Waals surface area contributed by atoms with Gasteiger partial charge in [-0.25, -0.2) is 0 Å². The van der Waals surface area contributed by atoms with Crippen LogP contribution in [0.3, 0.4) is 0 Å². The molecule has 10 heteroatoms. The van der Waals surface area contributed by atoms with Gasteiger partial charge in [0.1, 0.15) is 19.8 Å². The molecular weight excluding hydrogens is 978 g/mol. The van der Waals surface area contributed by atoms with E-state index in [-0.39, 0.29) is 26.1 Å². The van der Waals surface area contributed by atoms with E-state index in [2.05, 4.69) is 160 Å². The van der Waals surface area contributed by atoms with E-state index in [9.17, 15) is 19.0 Å². The number of allylic oxidation sites excluding steroid dienone is 24. The van der Waals surface area contributed by atoms with Crippen LogP contribution >= 0.6 is 7.82 Å². The molecule has 0 aliphatic rings. The van der Waals surface area contributed by atoms with Crippen LogP contribution in [-0.2, 0) is 32.7 Å². The van der Waals surface area contributed by atoms with Gasteiger partial charge in [-0.3, -0.25) is 14.2 Å². The first-order valence-electron chi connectivity index (χ1n) is 30.0. The lowest BCUT2D eigenvalue weighted by atomic mass is 10.1. The molecule has 2 unspecified atom stereocenters. The van der Waals surface area contributed by atoms with Crippen molar-refractivity contribution in [2.24, 2.45) is 0 Å². The molecule has 0 radical (unpaired) electrons. The topological polar surface area (TPSA) is 111 Å². The molecule has 0 fully saturated rings. The fourth-order valence-corrected chi connectivity index (χ4v) is 8.21. The van der Waals surface area contributed by atoms with E-state index in [0.29, 0.717) is 23.9 Å². The van der Waals surface area contributed by atoms with Gasteiger partial charge in [0, 0.05) is 12.8 Å². The summed E-state index contributed by atoms with van der Waals surface area (Å²) in [5.41, 5.74) is 0. The molecule has 0 aromatic rings. The maximum Gasteiger partial charge on any atom is 0.306 e. The highest BCUT2D eigenvalue weighted by Gasteiger charge is 2.21. The first-order valence-corrected chi connectivity index (χ1v) is 31.5. The number of ether oxygens (including phenoxy) is 2. The fourth-order valence-electron chi connectivity index (χ4n) is 7.48. The number of likely N-dealkylation sites (N-methyl/N-ethyl adjacent to an activating group) is 1. The number of hydrogen-bond acceptors (Lipinski definition) is 8. The lowest BCUT2D eigenvalue weighted by Crippen LogP contribution is -2.37. The lowest BCUT2D eigenvalue weighted by molar-refractivity contribution is -0.870. The molecule has 9 nitrogen and oxygen atoms in total. The average Bonchev–Trinajstić information content (AvgIpc) is 3.39. The van der Waals surface area contributed by atoms with E-state index in [0.717, 1.165) is 141 Å². The molecule has 0 aromatic heterocycles. The SMILES string of the molecule is CC/C=C\C/C=C\C/C=C\C/C=C\C/C=C\C/C=C\C/C=C\C/C=C\C/C=C\C/C=C\CCCCCCCCC(=O)OC(COC(=O)CCCCCCC/C=C\C/C=C\CCCCCC)COP(=O)([O-])OCC[N+](C)(C)C. The van der Waals surface area contributed by atoms with Gasteiger partial charge in [-0.2, -0.15) is 0 Å². The van der Waals surface area contributed by atoms with Crippen LogP contribution in [0.15, 0.2) is 146 Å². The lowest BCUT2D eigenvalue weighted by Gasteiger charge is -2.28. The number of carbonyl (C=O) groups excluding carboxylic acids is 2. The second kappa shape index (κ2) is 56.6. The van der Waals surface area contributed by atoms with E-state index < -0.39 is 32.5 Å². The highest BCUT2D eigenvalue weighted by atomic mass is 31.2. The molecular formula is C67H110NO8P. The fraction of sp³-hybridized carbons (Fsp3) is 0.612. The number of rotatable bonds is 53. The Bertz CT molecular complexity index is 1810. The Hall–Kier alpha value is -4.11. The molecule has 436 valence electrons.